The van der Waals surface area contributed by atoms with Crippen LogP contribution < -0.4 is 48.3 Å². The highest BCUT2D eigenvalue weighted by atomic mass is 16.4. The molecular formula is C55H101N9O13. The van der Waals surface area contributed by atoms with E-state index in [-0.39, 0.29) is 93.3 Å². The lowest BCUT2D eigenvalue weighted by molar-refractivity contribution is -0.143. The average Bonchev–Trinajstić information content (AvgIpc) is 3.29. The van der Waals surface area contributed by atoms with E-state index >= 15 is 0 Å². The highest BCUT2D eigenvalue weighted by Gasteiger charge is 2.37. The zero-order chi connectivity index (χ0) is 59.3. The monoisotopic (exact) mass is 1100 g/mol. The van der Waals surface area contributed by atoms with Gasteiger partial charge in [0.1, 0.15) is 48.3 Å². The third-order valence-corrected chi connectivity index (χ3v) is 12.5. The average molecular weight is 1100 g/mol. The van der Waals surface area contributed by atoms with Gasteiger partial charge in [-0.15, -0.1) is 0 Å². The molecule has 0 saturated carbocycles. The second-order valence-corrected chi connectivity index (χ2v) is 23.4. The molecule has 77 heavy (non-hydrogen) atoms. The maximum absolute atomic E-state index is 14.2. The maximum Gasteiger partial charge on any atom is 0.326 e. The number of unbranched alkanes of at least 4 members (excludes halogenated alkanes) is 4. The van der Waals surface area contributed by atoms with E-state index in [0.717, 1.165) is 32.1 Å². The van der Waals surface area contributed by atoms with Crippen molar-refractivity contribution < 1.29 is 63.3 Å². The first-order chi connectivity index (χ1) is 35.8. The van der Waals surface area contributed by atoms with Gasteiger partial charge in [-0.05, 0) is 93.8 Å². The van der Waals surface area contributed by atoms with E-state index in [9.17, 15) is 63.3 Å². The van der Waals surface area contributed by atoms with Gasteiger partial charge in [-0.2, -0.15) is 0 Å². The molecule has 0 aliphatic heterocycles. The van der Waals surface area contributed by atoms with Crippen LogP contribution in [0.15, 0.2) is 0 Å². The number of aliphatic carboxylic acids is 1. The molecule has 9 amide bonds. The highest BCUT2D eigenvalue weighted by Crippen LogP contribution is 2.16. The molecule has 0 saturated heterocycles. The number of amides is 9. The van der Waals surface area contributed by atoms with E-state index in [2.05, 4.69) is 49.5 Å². The van der Waals surface area contributed by atoms with Gasteiger partial charge < -0.3 is 63.6 Å². The fourth-order valence-corrected chi connectivity index (χ4v) is 8.60. The first-order valence-corrected chi connectivity index (χ1v) is 28.1. The fraction of sp³-hybridized carbons (Fsp3) is 0.818. The SMILES string of the molecule is CCCCCCCC(O)CC(=O)NC(CC(C)C)C(=O)NC(CC(C)C)C(=O)NC(CCC(N)=O)C(=O)NC(CC(C)C)C(=O)NC(C(=O)NC(CC(C)C)C(=O)NC(CC(C)C)C(=O)NC(CC(C)C)C(=O)O)C(C)O. The minimum Gasteiger partial charge on any atom is -0.480 e. The fourth-order valence-electron chi connectivity index (χ4n) is 8.60. The van der Waals surface area contributed by atoms with Gasteiger partial charge in [-0.25, -0.2) is 4.79 Å². The highest BCUT2D eigenvalue weighted by molar-refractivity contribution is 5.98. The van der Waals surface area contributed by atoms with Gasteiger partial charge in [0.25, 0.3) is 0 Å². The molecule has 0 heterocycles. The predicted molar refractivity (Wildman–Crippen MR) is 294 cm³/mol. The Hall–Kier alpha value is -5.38. The number of rotatable bonds is 40. The third kappa shape index (κ3) is 31.6. The summed E-state index contributed by atoms with van der Waals surface area (Å²) in [6, 6.07) is -10.5. The van der Waals surface area contributed by atoms with E-state index in [4.69, 9.17) is 5.73 Å². The van der Waals surface area contributed by atoms with Crippen LogP contribution in [0.4, 0.5) is 0 Å². The van der Waals surface area contributed by atoms with Gasteiger partial charge >= 0.3 is 5.97 Å². The molecule has 0 bridgehead atoms. The lowest BCUT2D eigenvalue weighted by Gasteiger charge is -2.30. The molecule has 22 heteroatoms. The molecule has 10 unspecified atom stereocenters. The first-order valence-electron chi connectivity index (χ1n) is 28.1. The topological polar surface area (TPSA) is 354 Å². The van der Waals surface area contributed by atoms with Gasteiger partial charge in [0.15, 0.2) is 0 Å². The number of aliphatic hydroxyl groups is 2. The van der Waals surface area contributed by atoms with Crippen LogP contribution in [0.25, 0.3) is 0 Å². The van der Waals surface area contributed by atoms with Crippen molar-refractivity contribution in [2.75, 3.05) is 0 Å². The van der Waals surface area contributed by atoms with Crippen molar-refractivity contribution in [2.45, 2.75) is 254 Å². The molecule has 0 aromatic rings. The number of primary amides is 1. The number of nitrogens with one attached hydrogen (secondary N) is 8. The van der Waals surface area contributed by atoms with E-state index in [0.29, 0.717) is 6.42 Å². The molecule has 10 atom stereocenters. The molecule has 0 spiro atoms. The molecule has 0 aromatic carbocycles. The van der Waals surface area contributed by atoms with Crippen LogP contribution >= 0.6 is 0 Å². The van der Waals surface area contributed by atoms with Crippen molar-refractivity contribution in [3.63, 3.8) is 0 Å². The summed E-state index contributed by atoms with van der Waals surface area (Å²) in [4.78, 5) is 135. The van der Waals surface area contributed by atoms with Crippen molar-refractivity contribution in [2.24, 2.45) is 41.2 Å². The van der Waals surface area contributed by atoms with Gasteiger partial charge in [0, 0.05) is 6.42 Å². The summed E-state index contributed by atoms with van der Waals surface area (Å²) in [5.74, 6) is -9.13. The molecule has 22 nitrogen and oxygen atoms in total. The second kappa shape index (κ2) is 37.4. The van der Waals surface area contributed by atoms with Gasteiger partial charge in [-0.1, -0.05) is 122 Å². The molecule has 0 radical (unpaired) electrons. The van der Waals surface area contributed by atoms with Gasteiger partial charge in [0.05, 0.1) is 18.6 Å². The first kappa shape index (κ1) is 71.6. The minimum atomic E-state index is -1.68. The van der Waals surface area contributed by atoms with Crippen LogP contribution in [0.1, 0.15) is 193 Å². The van der Waals surface area contributed by atoms with Gasteiger partial charge in [-0.3, -0.25) is 43.2 Å². The quantitative estimate of drug-likeness (QED) is 0.0393. The minimum absolute atomic E-state index is 0.00915. The second-order valence-electron chi connectivity index (χ2n) is 23.4. The van der Waals surface area contributed by atoms with Crippen LogP contribution in [-0.4, -0.2) is 135 Å². The van der Waals surface area contributed by atoms with Crippen LogP contribution in [0.3, 0.4) is 0 Å². The lowest BCUT2D eigenvalue weighted by Crippen LogP contribution is -2.62. The van der Waals surface area contributed by atoms with Crippen LogP contribution in [0.5, 0.6) is 0 Å². The van der Waals surface area contributed by atoms with Crippen molar-refractivity contribution in [3.05, 3.63) is 0 Å². The Morgan fingerprint density at radius 1 is 0.390 bits per heavy atom. The number of aliphatic hydroxyl groups excluding tert-OH is 2. The van der Waals surface area contributed by atoms with Crippen molar-refractivity contribution >= 4 is 59.1 Å². The molecule has 13 N–H and O–H groups in total. The Kier molecular flexibility index (Phi) is 34.8. The number of carboxylic acids is 1. The summed E-state index contributed by atoms with van der Waals surface area (Å²) in [5, 5.41) is 52.2. The largest absolute Gasteiger partial charge is 0.480 e. The molecule has 0 rings (SSSR count). The predicted octanol–water partition coefficient (Wildman–Crippen LogP) is 2.98. The number of hydrogen-bond acceptors (Lipinski definition) is 12. The molecule has 0 aromatic heterocycles. The maximum atomic E-state index is 14.2. The molecule has 0 fully saturated rings. The van der Waals surface area contributed by atoms with Crippen molar-refractivity contribution in [1.29, 1.82) is 0 Å². The standard InChI is InChI=1S/C55H101N9O13/c1-15-16-17-18-19-20-37(66)29-46(68)57-39(23-30(2)3)49(70)60-40(24-31(4)5)50(71)58-38(21-22-45(56)67)48(69)59-43(27-34(10)11)53(74)64-47(36(14)65)54(75)62-42(26-33(8)9)51(72)61-41(25-32(6)7)52(73)63-44(55(76)77)28-35(12)13/h30-44,47,65-66H,15-29H2,1-14H3,(H2,56,67)(H,57,68)(H,58,71)(H,59,69)(H,60,70)(H,61,72)(H,62,75)(H,63,73)(H,64,74)(H,76,77). The van der Waals surface area contributed by atoms with E-state index in [1.54, 1.807) is 27.7 Å². The Balaban J connectivity index is 6.59. The zero-order valence-electron chi connectivity index (χ0n) is 48.8. The summed E-state index contributed by atoms with van der Waals surface area (Å²) >= 11 is 0. The Morgan fingerprint density at radius 3 is 1.05 bits per heavy atom. The summed E-state index contributed by atoms with van der Waals surface area (Å²) in [6.45, 7) is 25.0. The summed E-state index contributed by atoms with van der Waals surface area (Å²) in [7, 11) is 0. The third-order valence-electron chi connectivity index (χ3n) is 12.5. The number of nitrogens with two attached hydrogens (primary N) is 1. The number of carbonyl (C=O) groups is 10. The van der Waals surface area contributed by atoms with E-state index in [1.165, 1.54) is 6.92 Å². The van der Waals surface area contributed by atoms with Crippen LogP contribution in [0.2, 0.25) is 0 Å². The Morgan fingerprint density at radius 2 is 0.701 bits per heavy atom. The lowest BCUT2D eigenvalue weighted by atomic mass is 9.98. The summed E-state index contributed by atoms with van der Waals surface area (Å²) in [6.07, 6.45) is 2.65. The number of hydrogen-bond donors (Lipinski definition) is 12. The molecular weight excluding hydrogens is 995 g/mol. The molecule has 0 aliphatic carbocycles. The number of carbonyl (C=O) groups excluding carboxylic acids is 9. The summed E-state index contributed by atoms with van der Waals surface area (Å²) < 4.78 is 0. The van der Waals surface area contributed by atoms with E-state index in [1.807, 2.05) is 55.4 Å². The Bertz CT molecular complexity index is 1880. The molecule has 444 valence electrons. The van der Waals surface area contributed by atoms with Crippen molar-refractivity contribution in [1.82, 2.24) is 42.5 Å². The van der Waals surface area contributed by atoms with Crippen LogP contribution in [-0.2, 0) is 47.9 Å². The summed E-state index contributed by atoms with van der Waals surface area (Å²) in [5.41, 5.74) is 5.47. The normalized spacial score (nSPS) is 15.6. The van der Waals surface area contributed by atoms with Crippen molar-refractivity contribution in [3.8, 4) is 0 Å². The Labute approximate surface area is 458 Å². The number of carboxylic acid groups (broad SMARTS) is 1. The van der Waals surface area contributed by atoms with Gasteiger partial charge in [0.2, 0.25) is 53.2 Å². The zero-order valence-corrected chi connectivity index (χ0v) is 48.8. The van der Waals surface area contributed by atoms with Crippen LogP contribution in [0, 0.1) is 35.5 Å². The van der Waals surface area contributed by atoms with E-state index < -0.39 is 120 Å². The molecule has 0 aliphatic rings. The smallest absolute Gasteiger partial charge is 0.326 e.